The third kappa shape index (κ3) is 4.75. The molecule has 1 aromatic rings. The Balaban J connectivity index is 2.48. The first-order chi connectivity index (χ1) is 8.54. The van der Waals surface area contributed by atoms with Gasteiger partial charge in [-0.3, -0.25) is 0 Å². The van der Waals surface area contributed by atoms with Gasteiger partial charge in [0.25, 0.3) is 0 Å². The van der Waals surface area contributed by atoms with Gasteiger partial charge in [0.1, 0.15) is 5.82 Å². The zero-order valence-electron chi connectivity index (χ0n) is 11.5. The zero-order chi connectivity index (χ0) is 13.5. The molecular weight excluding hydrogens is 229 g/mol. The molecule has 2 atom stereocenters. The Morgan fingerprint density at radius 2 is 1.78 bits per heavy atom. The molecule has 0 aliphatic carbocycles. The molecule has 1 aromatic carbocycles. The van der Waals surface area contributed by atoms with Gasteiger partial charge in [0.15, 0.2) is 0 Å². The Morgan fingerprint density at radius 3 is 2.28 bits per heavy atom. The number of rotatable bonds is 7. The van der Waals surface area contributed by atoms with Gasteiger partial charge in [0.05, 0.1) is 0 Å². The lowest BCUT2D eigenvalue weighted by atomic mass is 9.97. The van der Waals surface area contributed by atoms with Gasteiger partial charge < -0.3 is 10.4 Å². The minimum absolute atomic E-state index is 0.195. The van der Waals surface area contributed by atoms with Gasteiger partial charge in [-0.05, 0) is 36.0 Å². The standard InChI is InChI=1S/C15H24FNO/c1-11(2)15(8-9-18)17-10-12(3)13-4-6-14(16)7-5-13/h4-7,11-12,15,17-18H,8-10H2,1-3H3. The molecule has 0 fully saturated rings. The summed E-state index contributed by atoms with van der Waals surface area (Å²) < 4.78 is 12.8. The largest absolute Gasteiger partial charge is 0.396 e. The second-order valence-corrected chi connectivity index (χ2v) is 5.22. The summed E-state index contributed by atoms with van der Waals surface area (Å²) in [5.41, 5.74) is 1.13. The minimum atomic E-state index is -0.195. The summed E-state index contributed by atoms with van der Waals surface area (Å²) in [6.07, 6.45) is 0.772. The van der Waals surface area contributed by atoms with Crippen molar-refractivity contribution in [1.82, 2.24) is 5.32 Å². The van der Waals surface area contributed by atoms with Crippen molar-refractivity contribution in [2.24, 2.45) is 5.92 Å². The lowest BCUT2D eigenvalue weighted by molar-refractivity contribution is 0.243. The molecule has 2 nitrogen and oxygen atoms in total. The van der Waals surface area contributed by atoms with Gasteiger partial charge in [0, 0.05) is 19.2 Å². The van der Waals surface area contributed by atoms with Gasteiger partial charge in [-0.2, -0.15) is 0 Å². The molecule has 2 unspecified atom stereocenters. The molecule has 0 amide bonds. The van der Waals surface area contributed by atoms with Crippen LogP contribution in [0.1, 0.15) is 38.7 Å². The first-order valence-corrected chi connectivity index (χ1v) is 6.64. The number of aliphatic hydroxyl groups is 1. The number of halogens is 1. The Bertz CT molecular complexity index is 337. The van der Waals surface area contributed by atoms with Gasteiger partial charge in [-0.25, -0.2) is 4.39 Å². The van der Waals surface area contributed by atoms with E-state index in [0.717, 1.165) is 18.5 Å². The lowest BCUT2D eigenvalue weighted by Crippen LogP contribution is -2.36. The summed E-state index contributed by atoms with van der Waals surface area (Å²) in [6.45, 7) is 7.47. The highest BCUT2D eigenvalue weighted by atomic mass is 19.1. The molecule has 3 heteroatoms. The van der Waals surface area contributed by atoms with Crippen LogP contribution < -0.4 is 5.32 Å². The van der Waals surface area contributed by atoms with E-state index in [2.05, 4.69) is 26.1 Å². The first kappa shape index (κ1) is 15.1. The number of benzene rings is 1. The summed E-state index contributed by atoms with van der Waals surface area (Å²) >= 11 is 0. The highest BCUT2D eigenvalue weighted by molar-refractivity contribution is 5.20. The van der Waals surface area contributed by atoms with E-state index in [1.165, 1.54) is 12.1 Å². The van der Waals surface area contributed by atoms with Crippen molar-refractivity contribution in [3.8, 4) is 0 Å². The molecule has 102 valence electrons. The monoisotopic (exact) mass is 253 g/mol. The topological polar surface area (TPSA) is 32.3 Å². The summed E-state index contributed by atoms with van der Waals surface area (Å²) in [6, 6.07) is 6.99. The van der Waals surface area contributed by atoms with Gasteiger partial charge in [-0.1, -0.05) is 32.9 Å². The van der Waals surface area contributed by atoms with Crippen LogP contribution in [-0.2, 0) is 0 Å². The van der Waals surface area contributed by atoms with Crippen LogP contribution in [-0.4, -0.2) is 24.3 Å². The zero-order valence-corrected chi connectivity index (χ0v) is 11.5. The fourth-order valence-corrected chi connectivity index (χ4v) is 2.05. The van der Waals surface area contributed by atoms with Crippen LogP contribution in [0.3, 0.4) is 0 Å². The van der Waals surface area contributed by atoms with E-state index in [1.54, 1.807) is 0 Å². The predicted molar refractivity (Wildman–Crippen MR) is 73.1 cm³/mol. The number of aliphatic hydroxyl groups excluding tert-OH is 1. The molecule has 1 rings (SSSR count). The third-order valence-electron chi connectivity index (χ3n) is 3.37. The van der Waals surface area contributed by atoms with Crippen LogP contribution in [0, 0.1) is 11.7 Å². The number of hydrogen-bond acceptors (Lipinski definition) is 2. The highest BCUT2D eigenvalue weighted by Crippen LogP contribution is 2.16. The van der Waals surface area contributed by atoms with E-state index < -0.39 is 0 Å². The molecule has 0 aliphatic rings. The Kier molecular flexibility index (Phi) is 6.30. The smallest absolute Gasteiger partial charge is 0.123 e. The number of hydrogen-bond donors (Lipinski definition) is 2. The molecule has 2 N–H and O–H groups in total. The Morgan fingerprint density at radius 1 is 1.17 bits per heavy atom. The number of nitrogens with one attached hydrogen (secondary N) is 1. The van der Waals surface area contributed by atoms with Crippen molar-refractivity contribution in [2.75, 3.05) is 13.2 Å². The second kappa shape index (κ2) is 7.49. The second-order valence-electron chi connectivity index (χ2n) is 5.22. The maximum absolute atomic E-state index is 12.8. The van der Waals surface area contributed by atoms with Gasteiger partial charge >= 0.3 is 0 Å². The van der Waals surface area contributed by atoms with E-state index in [4.69, 9.17) is 5.11 Å². The van der Waals surface area contributed by atoms with Crippen LogP contribution in [0.2, 0.25) is 0 Å². The van der Waals surface area contributed by atoms with Gasteiger partial charge in [0.2, 0.25) is 0 Å². The van der Waals surface area contributed by atoms with Crippen molar-refractivity contribution < 1.29 is 9.50 Å². The first-order valence-electron chi connectivity index (χ1n) is 6.64. The summed E-state index contributed by atoms with van der Waals surface area (Å²) in [4.78, 5) is 0. The molecule has 0 saturated heterocycles. The quantitative estimate of drug-likeness (QED) is 0.783. The average Bonchev–Trinajstić information content (AvgIpc) is 2.34. The highest BCUT2D eigenvalue weighted by Gasteiger charge is 2.14. The van der Waals surface area contributed by atoms with E-state index in [9.17, 15) is 4.39 Å². The van der Waals surface area contributed by atoms with E-state index in [0.29, 0.717) is 17.9 Å². The molecule has 0 heterocycles. The van der Waals surface area contributed by atoms with Crippen molar-refractivity contribution in [3.05, 3.63) is 35.6 Å². The molecule has 18 heavy (non-hydrogen) atoms. The van der Waals surface area contributed by atoms with Crippen molar-refractivity contribution in [1.29, 1.82) is 0 Å². The molecule has 0 saturated carbocycles. The van der Waals surface area contributed by atoms with Crippen molar-refractivity contribution in [2.45, 2.75) is 39.2 Å². The minimum Gasteiger partial charge on any atom is -0.396 e. The predicted octanol–water partition coefficient (Wildman–Crippen LogP) is 2.93. The summed E-state index contributed by atoms with van der Waals surface area (Å²) in [7, 11) is 0. The fourth-order valence-electron chi connectivity index (χ4n) is 2.05. The fraction of sp³-hybridized carbons (Fsp3) is 0.600. The van der Waals surface area contributed by atoms with Crippen LogP contribution >= 0.6 is 0 Å². The molecule has 0 bridgehead atoms. The lowest BCUT2D eigenvalue weighted by Gasteiger charge is -2.24. The average molecular weight is 253 g/mol. The SMILES string of the molecule is CC(CNC(CCO)C(C)C)c1ccc(F)cc1. The maximum atomic E-state index is 12.8. The van der Waals surface area contributed by atoms with E-state index in [1.807, 2.05) is 12.1 Å². The van der Waals surface area contributed by atoms with Crippen LogP contribution in [0.5, 0.6) is 0 Å². The van der Waals surface area contributed by atoms with Crippen molar-refractivity contribution in [3.63, 3.8) is 0 Å². The molecule has 0 radical (unpaired) electrons. The van der Waals surface area contributed by atoms with Crippen LogP contribution in [0.4, 0.5) is 4.39 Å². The van der Waals surface area contributed by atoms with Crippen LogP contribution in [0.25, 0.3) is 0 Å². The summed E-state index contributed by atoms with van der Waals surface area (Å²) in [5, 5.41) is 12.5. The molecular formula is C15H24FNO. The Labute approximate surface area is 109 Å². The van der Waals surface area contributed by atoms with Gasteiger partial charge in [-0.15, -0.1) is 0 Å². The maximum Gasteiger partial charge on any atom is 0.123 e. The summed E-state index contributed by atoms with van der Waals surface area (Å²) in [5.74, 6) is 0.641. The molecule has 0 aliphatic heterocycles. The van der Waals surface area contributed by atoms with Crippen molar-refractivity contribution >= 4 is 0 Å². The molecule has 0 aromatic heterocycles. The Hall–Kier alpha value is -0.930. The van der Waals surface area contributed by atoms with E-state index in [-0.39, 0.29) is 12.4 Å². The third-order valence-corrected chi connectivity index (χ3v) is 3.37. The molecule has 0 spiro atoms. The van der Waals surface area contributed by atoms with E-state index >= 15 is 0 Å². The van der Waals surface area contributed by atoms with Crippen LogP contribution in [0.15, 0.2) is 24.3 Å². The normalized spacial score (nSPS) is 14.8.